The molecule has 0 aliphatic rings. The highest BCUT2D eigenvalue weighted by molar-refractivity contribution is 5.66. The molecule has 0 radical (unpaired) electrons. The van der Waals surface area contributed by atoms with E-state index in [0.29, 0.717) is 12.1 Å². The van der Waals surface area contributed by atoms with E-state index in [4.69, 9.17) is 5.73 Å². The minimum absolute atomic E-state index is 0.369. The van der Waals surface area contributed by atoms with Crippen LogP contribution in [0.25, 0.3) is 11.1 Å². The van der Waals surface area contributed by atoms with E-state index in [0.717, 1.165) is 28.8 Å². The zero-order valence-corrected chi connectivity index (χ0v) is 10.5. The normalized spacial score (nSPS) is 11.6. The maximum absolute atomic E-state index is 12.7. The van der Waals surface area contributed by atoms with Crippen LogP contribution in [0.4, 0.5) is 13.2 Å². The fourth-order valence-electron chi connectivity index (χ4n) is 2.02. The summed E-state index contributed by atoms with van der Waals surface area (Å²) in [6.45, 7) is 2.27. The quantitative estimate of drug-likeness (QED) is 0.867. The van der Waals surface area contributed by atoms with Gasteiger partial charge in [-0.1, -0.05) is 29.8 Å². The Kier molecular flexibility index (Phi) is 3.62. The molecule has 0 atom stereocenters. The van der Waals surface area contributed by atoms with Gasteiger partial charge in [0.25, 0.3) is 0 Å². The van der Waals surface area contributed by atoms with E-state index in [-0.39, 0.29) is 0 Å². The summed E-state index contributed by atoms with van der Waals surface area (Å²) in [5.74, 6) is 0. The Hall–Kier alpha value is -1.81. The fourth-order valence-corrected chi connectivity index (χ4v) is 2.02. The zero-order valence-electron chi connectivity index (χ0n) is 10.5. The molecule has 0 aliphatic carbocycles. The van der Waals surface area contributed by atoms with Crippen molar-refractivity contribution in [1.29, 1.82) is 0 Å². The van der Waals surface area contributed by atoms with Crippen LogP contribution in [0.15, 0.2) is 42.5 Å². The average Bonchev–Trinajstić information content (AvgIpc) is 2.37. The topological polar surface area (TPSA) is 26.0 Å². The average molecular weight is 265 g/mol. The van der Waals surface area contributed by atoms with Gasteiger partial charge in [-0.2, -0.15) is 13.2 Å². The van der Waals surface area contributed by atoms with Gasteiger partial charge in [-0.25, -0.2) is 0 Å². The van der Waals surface area contributed by atoms with E-state index >= 15 is 0 Å². The molecule has 0 amide bonds. The van der Waals surface area contributed by atoms with Crippen LogP contribution in [0.3, 0.4) is 0 Å². The highest BCUT2D eigenvalue weighted by atomic mass is 19.4. The summed E-state index contributed by atoms with van der Waals surface area (Å²) in [6.07, 6.45) is -4.32. The molecule has 0 saturated carbocycles. The highest BCUT2D eigenvalue weighted by Gasteiger charge is 2.30. The summed E-state index contributed by atoms with van der Waals surface area (Å²) in [4.78, 5) is 0. The van der Waals surface area contributed by atoms with Crippen molar-refractivity contribution >= 4 is 0 Å². The molecule has 2 N–H and O–H groups in total. The smallest absolute Gasteiger partial charge is 0.326 e. The number of rotatable bonds is 2. The first-order valence-electron chi connectivity index (χ1n) is 5.88. The van der Waals surface area contributed by atoms with E-state index in [2.05, 4.69) is 0 Å². The molecule has 0 unspecified atom stereocenters. The van der Waals surface area contributed by atoms with Gasteiger partial charge in [0.15, 0.2) is 0 Å². The second-order valence-electron chi connectivity index (χ2n) is 4.49. The van der Waals surface area contributed by atoms with Crippen LogP contribution in [0, 0.1) is 6.92 Å². The van der Waals surface area contributed by atoms with Gasteiger partial charge < -0.3 is 5.73 Å². The van der Waals surface area contributed by atoms with E-state index in [1.807, 2.05) is 25.1 Å². The Balaban J connectivity index is 2.50. The summed E-state index contributed by atoms with van der Waals surface area (Å²) in [5, 5.41) is 0. The molecular weight excluding hydrogens is 251 g/mol. The first-order chi connectivity index (χ1) is 8.90. The minimum atomic E-state index is -4.32. The zero-order chi connectivity index (χ0) is 14.0. The predicted octanol–water partition coefficient (Wildman–Crippen LogP) is 4.14. The van der Waals surface area contributed by atoms with Gasteiger partial charge in [-0.3, -0.25) is 0 Å². The molecule has 4 heteroatoms. The van der Waals surface area contributed by atoms with Crippen molar-refractivity contribution in [1.82, 2.24) is 0 Å². The fraction of sp³-hybridized carbons (Fsp3) is 0.200. The standard InChI is InChI=1S/C15H14F3N/c1-10-5-11(9-19)7-13(6-10)12-3-2-4-14(8-12)15(16,17)18/h2-8H,9,19H2,1H3. The molecule has 0 spiro atoms. The molecular formula is C15H14F3N. The van der Waals surface area contributed by atoms with Crippen molar-refractivity contribution in [2.45, 2.75) is 19.6 Å². The molecule has 19 heavy (non-hydrogen) atoms. The lowest BCUT2D eigenvalue weighted by Gasteiger charge is -2.10. The lowest BCUT2D eigenvalue weighted by Crippen LogP contribution is -2.04. The van der Waals surface area contributed by atoms with Crippen molar-refractivity contribution in [2.24, 2.45) is 5.73 Å². The molecule has 1 nitrogen and oxygen atoms in total. The maximum Gasteiger partial charge on any atom is 0.416 e. The summed E-state index contributed by atoms with van der Waals surface area (Å²) >= 11 is 0. The first kappa shape index (κ1) is 13.6. The third-order valence-corrected chi connectivity index (χ3v) is 2.90. The van der Waals surface area contributed by atoms with Crippen molar-refractivity contribution in [3.05, 3.63) is 59.2 Å². The van der Waals surface area contributed by atoms with Crippen LogP contribution in [0.5, 0.6) is 0 Å². The lowest BCUT2D eigenvalue weighted by molar-refractivity contribution is -0.137. The van der Waals surface area contributed by atoms with Crippen molar-refractivity contribution in [3.63, 3.8) is 0 Å². The van der Waals surface area contributed by atoms with Crippen LogP contribution in [0.2, 0.25) is 0 Å². The van der Waals surface area contributed by atoms with Crippen molar-refractivity contribution < 1.29 is 13.2 Å². The third kappa shape index (κ3) is 3.15. The molecule has 2 aromatic rings. The number of alkyl halides is 3. The number of aryl methyl sites for hydroxylation is 1. The summed E-state index contributed by atoms with van der Waals surface area (Å²) in [7, 11) is 0. The van der Waals surface area contributed by atoms with E-state index < -0.39 is 11.7 Å². The summed E-state index contributed by atoms with van der Waals surface area (Å²) in [5.41, 5.74) is 8.14. The molecule has 2 rings (SSSR count). The van der Waals surface area contributed by atoms with Gasteiger partial charge in [-0.05, 0) is 41.8 Å². The lowest BCUT2D eigenvalue weighted by atomic mass is 9.98. The monoisotopic (exact) mass is 265 g/mol. The Morgan fingerprint density at radius 3 is 2.37 bits per heavy atom. The number of halogens is 3. The van der Waals surface area contributed by atoms with Gasteiger partial charge in [0.05, 0.1) is 5.56 Å². The second kappa shape index (κ2) is 5.05. The van der Waals surface area contributed by atoms with E-state index in [1.165, 1.54) is 6.07 Å². The Bertz CT molecular complexity index is 588. The van der Waals surface area contributed by atoms with Gasteiger partial charge in [0.1, 0.15) is 0 Å². The number of benzene rings is 2. The largest absolute Gasteiger partial charge is 0.416 e. The van der Waals surface area contributed by atoms with Gasteiger partial charge in [-0.15, -0.1) is 0 Å². The van der Waals surface area contributed by atoms with Crippen LogP contribution in [-0.2, 0) is 12.7 Å². The van der Waals surface area contributed by atoms with E-state index in [1.54, 1.807) is 6.07 Å². The molecule has 0 saturated heterocycles. The first-order valence-corrected chi connectivity index (χ1v) is 5.88. The molecule has 2 aromatic carbocycles. The van der Waals surface area contributed by atoms with Crippen molar-refractivity contribution in [2.75, 3.05) is 0 Å². The SMILES string of the molecule is Cc1cc(CN)cc(-c2cccc(C(F)(F)F)c2)c1. The highest BCUT2D eigenvalue weighted by Crippen LogP contribution is 2.32. The molecule has 0 bridgehead atoms. The Morgan fingerprint density at radius 2 is 1.74 bits per heavy atom. The molecule has 100 valence electrons. The maximum atomic E-state index is 12.7. The molecule has 0 fully saturated rings. The number of hydrogen-bond acceptors (Lipinski definition) is 1. The van der Waals surface area contributed by atoms with Gasteiger partial charge in [0.2, 0.25) is 0 Å². The van der Waals surface area contributed by atoms with E-state index in [9.17, 15) is 13.2 Å². The van der Waals surface area contributed by atoms with Gasteiger partial charge in [0, 0.05) is 6.54 Å². The number of nitrogens with two attached hydrogens (primary N) is 1. The molecule has 0 aliphatic heterocycles. The number of hydrogen-bond donors (Lipinski definition) is 1. The Labute approximate surface area is 109 Å². The van der Waals surface area contributed by atoms with Gasteiger partial charge >= 0.3 is 6.18 Å². The summed E-state index contributed by atoms with van der Waals surface area (Å²) in [6, 6.07) is 10.9. The molecule has 0 heterocycles. The summed E-state index contributed by atoms with van der Waals surface area (Å²) < 4.78 is 38.1. The predicted molar refractivity (Wildman–Crippen MR) is 69.5 cm³/mol. The van der Waals surface area contributed by atoms with Crippen LogP contribution < -0.4 is 5.73 Å². The van der Waals surface area contributed by atoms with Crippen LogP contribution >= 0.6 is 0 Å². The molecule has 0 aromatic heterocycles. The third-order valence-electron chi connectivity index (χ3n) is 2.90. The van der Waals surface area contributed by atoms with Crippen LogP contribution in [-0.4, -0.2) is 0 Å². The minimum Gasteiger partial charge on any atom is -0.326 e. The second-order valence-corrected chi connectivity index (χ2v) is 4.49. The van der Waals surface area contributed by atoms with Crippen molar-refractivity contribution in [3.8, 4) is 11.1 Å². The van der Waals surface area contributed by atoms with Crippen LogP contribution in [0.1, 0.15) is 16.7 Å². The Morgan fingerprint density at radius 1 is 1.00 bits per heavy atom.